The number of pyridine rings is 1. The number of aromatic nitrogens is 1. The first kappa shape index (κ1) is 20.3. The van der Waals surface area contributed by atoms with E-state index in [0.29, 0.717) is 6.07 Å². The van der Waals surface area contributed by atoms with Crippen LogP contribution in [0.25, 0.3) is 0 Å². The number of hydrogen-bond acceptors (Lipinski definition) is 5. The zero-order chi connectivity index (χ0) is 20.4. The number of esters is 1. The number of halogens is 6. The molecule has 2 rings (SSSR count). The van der Waals surface area contributed by atoms with Gasteiger partial charge < -0.3 is 14.8 Å². The van der Waals surface area contributed by atoms with Crippen LogP contribution < -0.4 is 10.1 Å². The van der Waals surface area contributed by atoms with Crippen molar-refractivity contribution in [2.45, 2.75) is 19.5 Å². The highest BCUT2D eigenvalue weighted by Gasteiger charge is 2.34. The lowest BCUT2D eigenvalue weighted by molar-refractivity contribution is -0.274. The summed E-state index contributed by atoms with van der Waals surface area (Å²) in [5.74, 6) is -1.51. The van der Waals surface area contributed by atoms with Crippen LogP contribution in [0.4, 0.5) is 37.7 Å². The van der Waals surface area contributed by atoms with E-state index in [1.807, 2.05) is 0 Å². The van der Waals surface area contributed by atoms with Crippen molar-refractivity contribution in [3.63, 3.8) is 0 Å². The molecule has 0 aliphatic rings. The lowest BCUT2D eigenvalue weighted by Crippen LogP contribution is -2.17. The fraction of sp³-hybridized carbons (Fsp3) is 0.250. The third-order valence-corrected chi connectivity index (χ3v) is 3.30. The highest BCUT2D eigenvalue weighted by atomic mass is 19.4. The molecule has 0 radical (unpaired) electrons. The Morgan fingerprint density at radius 2 is 1.74 bits per heavy atom. The molecule has 0 aliphatic carbocycles. The second-order valence-electron chi connectivity index (χ2n) is 5.25. The summed E-state index contributed by atoms with van der Waals surface area (Å²) in [6.07, 6.45) is -8.85. The van der Waals surface area contributed by atoms with Crippen molar-refractivity contribution in [2.75, 3.05) is 12.4 Å². The SMILES string of the molecule is COC(=O)c1cc(C(F)(F)F)ncc1Nc1ccc(OC(F)(F)F)cc1C. The molecule has 0 unspecified atom stereocenters. The van der Waals surface area contributed by atoms with Crippen LogP contribution in [0.1, 0.15) is 21.6 Å². The van der Waals surface area contributed by atoms with E-state index < -0.39 is 35.5 Å². The van der Waals surface area contributed by atoms with Gasteiger partial charge in [-0.15, -0.1) is 13.2 Å². The number of nitrogens with one attached hydrogen (secondary N) is 1. The Morgan fingerprint density at radius 3 is 2.26 bits per heavy atom. The largest absolute Gasteiger partial charge is 0.573 e. The van der Waals surface area contributed by atoms with Crippen molar-refractivity contribution < 1.29 is 40.6 Å². The van der Waals surface area contributed by atoms with Crippen LogP contribution in [0, 0.1) is 6.92 Å². The molecule has 0 saturated carbocycles. The molecule has 1 heterocycles. The number of alkyl halides is 6. The molecule has 5 nitrogen and oxygen atoms in total. The van der Waals surface area contributed by atoms with Gasteiger partial charge in [0, 0.05) is 5.69 Å². The van der Waals surface area contributed by atoms with E-state index in [9.17, 15) is 31.1 Å². The first-order chi connectivity index (χ1) is 12.4. The van der Waals surface area contributed by atoms with E-state index in [2.05, 4.69) is 19.8 Å². The molecule has 0 saturated heterocycles. The van der Waals surface area contributed by atoms with Crippen LogP contribution in [0.2, 0.25) is 0 Å². The quantitative estimate of drug-likeness (QED) is 0.594. The predicted molar refractivity (Wildman–Crippen MR) is 81.7 cm³/mol. The van der Waals surface area contributed by atoms with E-state index in [1.165, 1.54) is 13.0 Å². The smallest absolute Gasteiger partial charge is 0.465 e. The number of nitrogens with zero attached hydrogens (tertiary/aromatic N) is 1. The molecule has 0 aliphatic heterocycles. The number of carbonyl (C=O) groups excluding carboxylic acids is 1. The molecule has 0 fully saturated rings. The van der Waals surface area contributed by atoms with Crippen molar-refractivity contribution in [1.29, 1.82) is 0 Å². The van der Waals surface area contributed by atoms with E-state index in [1.54, 1.807) is 0 Å². The molecule has 2 aromatic rings. The molecule has 0 spiro atoms. The maximum absolute atomic E-state index is 12.8. The summed E-state index contributed by atoms with van der Waals surface area (Å²) in [7, 11) is 0.994. The van der Waals surface area contributed by atoms with Crippen LogP contribution in [0.5, 0.6) is 5.75 Å². The first-order valence-electron chi connectivity index (χ1n) is 7.19. The average Bonchev–Trinajstić information content (AvgIpc) is 2.54. The van der Waals surface area contributed by atoms with E-state index in [0.717, 1.165) is 25.4 Å². The second-order valence-corrected chi connectivity index (χ2v) is 5.25. The Kier molecular flexibility index (Phi) is 5.52. The number of benzene rings is 1. The zero-order valence-corrected chi connectivity index (χ0v) is 13.8. The minimum Gasteiger partial charge on any atom is -0.465 e. The molecule has 0 amide bonds. The highest BCUT2D eigenvalue weighted by molar-refractivity contribution is 5.96. The summed E-state index contributed by atoms with van der Waals surface area (Å²) in [6.45, 7) is 1.45. The van der Waals surface area contributed by atoms with Crippen molar-refractivity contribution in [2.24, 2.45) is 0 Å². The Morgan fingerprint density at radius 1 is 1.07 bits per heavy atom. The molecule has 27 heavy (non-hydrogen) atoms. The minimum atomic E-state index is -4.86. The van der Waals surface area contributed by atoms with Crippen LogP contribution >= 0.6 is 0 Å². The predicted octanol–water partition coefficient (Wildman–Crippen LogP) is 4.84. The lowest BCUT2D eigenvalue weighted by atomic mass is 10.1. The number of carbonyl (C=O) groups is 1. The molecule has 1 N–H and O–H groups in total. The van der Waals surface area contributed by atoms with Gasteiger partial charge in [0.25, 0.3) is 0 Å². The highest BCUT2D eigenvalue weighted by Crippen LogP contribution is 2.33. The molecule has 1 aromatic carbocycles. The molecule has 0 atom stereocenters. The molecule has 146 valence electrons. The van der Waals surface area contributed by atoms with Gasteiger partial charge in [-0.2, -0.15) is 13.2 Å². The van der Waals surface area contributed by atoms with Gasteiger partial charge in [-0.05, 0) is 36.8 Å². The summed E-state index contributed by atoms with van der Waals surface area (Å²) in [5.41, 5.74) is -1.32. The topological polar surface area (TPSA) is 60.5 Å². The summed E-state index contributed by atoms with van der Waals surface area (Å²) in [4.78, 5) is 15.0. The average molecular weight is 394 g/mol. The number of anilines is 2. The van der Waals surface area contributed by atoms with Crippen LogP contribution in [-0.4, -0.2) is 24.4 Å². The van der Waals surface area contributed by atoms with E-state index in [-0.39, 0.29) is 16.9 Å². The summed E-state index contributed by atoms with van der Waals surface area (Å²) >= 11 is 0. The number of hydrogen-bond donors (Lipinski definition) is 1. The third kappa shape index (κ3) is 5.25. The van der Waals surface area contributed by atoms with E-state index >= 15 is 0 Å². The van der Waals surface area contributed by atoms with Crippen molar-refractivity contribution in [3.05, 3.63) is 47.3 Å². The fourth-order valence-corrected chi connectivity index (χ4v) is 2.11. The van der Waals surface area contributed by atoms with Gasteiger partial charge >= 0.3 is 18.5 Å². The van der Waals surface area contributed by atoms with Crippen molar-refractivity contribution in [3.8, 4) is 5.75 Å². The molecular formula is C16H12F6N2O3. The number of aryl methyl sites for hydroxylation is 1. The number of rotatable bonds is 4. The molecular weight excluding hydrogens is 382 g/mol. The Balaban J connectivity index is 2.38. The van der Waals surface area contributed by atoms with Gasteiger partial charge in [0.05, 0.1) is 24.6 Å². The van der Waals surface area contributed by atoms with Crippen molar-refractivity contribution >= 4 is 17.3 Å². The molecule has 11 heteroatoms. The van der Waals surface area contributed by atoms with E-state index in [4.69, 9.17) is 0 Å². The van der Waals surface area contributed by atoms with Crippen molar-refractivity contribution in [1.82, 2.24) is 4.98 Å². The normalized spacial score (nSPS) is 11.9. The number of methoxy groups -OCH3 is 1. The number of ether oxygens (including phenoxy) is 2. The Hall–Kier alpha value is -2.98. The van der Waals surface area contributed by atoms with Gasteiger partial charge in [0.2, 0.25) is 0 Å². The Bertz CT molecular complexity index is 849. The fourth-order valence-electron chi connectivity index (χ4n) is 2.11. The first-order valence-corrected chi connectivity index (χ1v) is 7.19. The monoisotopic (exact) mass is 394 g/mol. The minimum absolute atomic E-state index is 0.109. The van der Waals surface area contributed by atoms with Gasteiger partial charge in [0.15, 0.2) is 0 Å². The van der Waals surface area contributed by atoms with Crippen LogP contribution in [0.3, 0.4) is 0 Å². The van der Waals surface area contributed by atoms with Gasteiger partial charge in [-0.3, -0.25) is 0 Å². The van der Waals surface area contributed by atoms with Crippen LogP contribution in [-0.2, 0) is 10.9 Å². The maximum atomic E-state index is 12.8. The summed E-state index contributed by atoms with van der Waals surface area (Å²) < 4.78 is 83.4. The Labute approximate surface area is 148 Å². The summed E-state index contributed by atoms with van der Waals surface area (Å²) in [6, 6.07) is 3.82. The maximum Gasteiger partial charge on any atom is 0.573 e. The lowest BCUT2D eigenvalue weighted by Gasteiger charge is -2.16. The zero-order valence-electron chi connectivity index (χ0n) is 13.8. The third-order valence-electron chi connectivity index (χ3n) is 3.30. The summed E-state index contributed by atoms with van der Waals surface area (Å²) in [5, 5.41) is 2.66. The van der Waals surface area contributed by atoms with Gasteiger partial charge in [-0.25, -0.2) is 9.78 Å². The standard InChI is InChI=1S/C16H12F6N2O3/c1-8-5-9(27-16(20,21)22)3-4-11(8)24-12-7-23-13(15(17,18)19)6-10(12)14(25)26-2/h3-7,24H,1-2H3. The van der Waals surface area contributed by atoms with Gasteiger partial charge in [0.1, 0.15) is 11.4 Å². The molecule has 1 aromatic heterocycles. The molecule has 0 bridgehead atoms. The second kappa shape index (κ2) is 7.33. The van der Waals surface area contributed by atoms with Crippen LogP contribution in [0.15, 0.2) is 30.5 Å². The van der Waals surface area contributed by atoms with Gasteiger partial charge in [-0.1, -0.05) is 0 Å².